The van der Waals surface area contributed by atoms with E-state index in [2.05, 4.69) is 17.1 Å². The van der Waals surface area contributed by atoms with Crippen LogP contribution in [0.2, 0.25) is 0 Å². The molecule has 0 atom stereocenters. The summed E-state index contributed by atoms with van der Waals surface area (Å²) in [6.45, 7) is 4.08. The lowest BCUT2D eigenvalue weighted by atomic mass is 10.1. The summed E-state index contributed by atoms with van der Waals surface area (Å²) in [4.78, 5) is 17.4. The fourth-order valence-electron chi connectivity index (χ4n) is 2.67. The van der Waals surface area contributed by atoms with E-state index in [1.807, 2.05) is 25.5 Å². The average Bonchev–Trinajstić information content (AvgIpc) is 2.84. The van der Waals surface area contributed by atoms with Crippen LogP contribution in [0.1, 0.15) is 21.5 Å². The third-order valence-electron chi connectivity index (χ3n) is 3.97. The van der Waals surface area contributed by atoms with Crippen molar-refractivity contribution in [3.63, 3.8) is 0 Å². The molecule has 0 aliphatic rings. The third kappa shape index (κ3) is 3.43. The van der Waals surface area contributed by atoms with Gasteiger partial charge in [-0.3, -0.25) is 4.79 Å². The van der Waals surface area contributed by atoms with Crippen molar-refractivity contribution in [2.24, 2.45) is 12.0 Å². The van der Waals surface area contributed by atoms with Crippen LogP contribution in [-0.2, 0) is 16.9 Å². The van der Waals surface area contributed by atoms with Gasteiger partial charge in [-0.05, 0) is 55.3 Å². The first-order valence-electron chi connectivity index (χ1n) is 7.63. The Morgan fingerprint density at radius 3 is 2.36 bits per heavy atom. The van der Waals surface area contributed by atoms with Gasteiger partial charge in [0.05, 0.1) is 15.1 Å². The molecule has 5 nitrogen and oxygen atoms in total. The van der Waals surface area contributed by atoms with Crippen LogP contribution in [0.4, 0.5) is 0 Å². The summed E-state index contributed by atoms with van der Waals surface area (Å²) < 4.78 is 26.0. The summed E-state index contributed by atoms with van der Waals surface area (Å²) in [5.41, 5.74) is 3.72. The number of amides is 1. The Labute approximate surface area is 150 Å². The Hall–Kier alpha value is -2.25. The van der Waals surface area contributed by atoms with Gasteiger partial charge in [-0.25, -0.2) is 8.42 Å². The zero-order valence-electron chi connectivity index (χ0n) is 14.4. The number of hydrogen-bond acceptors (Lipinski definition) is 4. The summed E-state index contributed by atoms with van der Waals surface area (Å²) in [5.74, 6) is -0.392. The van der Waals surface area contributed by atoms with Crippen LogP contribution in [0, 0.1) is 13.8 Å². The summed E-state index contributed by atoms with van der Waals surface area (Å²) >= 11 is 1.47. The highest BCUT2D eigenvalue weighted by molar-refractivity contribution is 7.90. The average molecular weight is 374 g/mol. The zero-order valence-corrected chi connectivity index (χ0v) is 16.0. The molecule has 2 aromatic carbocycles. The number of thiazole rings is 1. The van der Waals surface area contributed by atoms with Crippen LogP contribution in [0.15, 0.2) is 46.3 Å². The normalized spacial score (nSPS) is 12.7. The number of aryl methyl sites for hydroxylation is 3. The van der Waals surface area contributed by atoms with Crippen molar-refractivity contribution >= 4 is 37.3 Å². The van der Waals surface area contributed by atoms with Crippen LogP contribution in [0.25, 0.3) is 10.2 Å². The van der Waals surface area contributed by atoms with Crippen LogP contribution in [0.3, 0.4) is 0 Å². The number of carbonyl (C=O) groups is 1. The van der Waals surface area contributed by atoms with Gasteiger partial charge >= 0.3 is 0 Å². The highest BCUT2D eigenvalue weighted by Crippen LogP contribution is 2.22. The van der Waals surface area contributed by atoms with Gasteiger partial charge in [-0.15, -0.1) is 0 Å². The van der Waals surface area contributed by atoms with Gasteiger partial charge in [0.1, 0.15) is 0 Å². The SMILES string of the molecule is Cc1cc(C)c2sc(=NC(=O)c3ccc(S(C)(=O)=O)cc3)n(C)c2c1. The lowest BCUT2D eigenvalue weighted by Gasteiger charge is -2.00. The van der Waals surface area contributed by atoms with Crippen molar-refractivity contribution < 1.29 is 13.2 Å². The molecule has 0 aliphatic heterocycles. The minimum atomic E-state index is -3.28. The number of benzene rings is 2. The molecular formula is C18H18N2O3S2. The number of carbonyl (C=O) groups excluding carboxylic acids is 1. The Morgan fingerprint density at radius 1 is 1.12 bits per heavy atom. The molecule has 0 N–H and O–H groups in total. The molecule has 0 unspecified atom stereocenters. The lowest BCUT2D eigenvalue weighted by molar-refractivity contribution is 0.0998. The Morgan fingerprint density at radius 2 is 1.76 bits per heavy atom. The zero-order chi connectivity index (χ0) is 18.4. The Bertz CT molecular complexity index is 1150. The molecule has 130 valence electrons. The van der Waals surface area contributed by atoms with Gasteiger partial charge in [0, 0.05) is 18.9 Å². The molecule has 0 radical (unpaired) electrons. The van der Waals surface area contributed by atoms with Crippen molar-refractivity contribution in [1.82, 2.24) is 4.57 Å². The first-order valence-corrected chi connectivity index (χ1v) is 10.3. The second kappa shape index (κ2) is 6.24. The summed E-state index contributed by atoms with van der Waals surface area (Å²) in [6, 6.07) is 10.0. The molecule has 7 heteroatoms. The molecular weight excluding hydrogens is 356 g/mol. The lowest BCUT2D eigenvalue weighted by Crippen LogP contribution is -2.13. The van der Waals surface area contributed by atoms with Gasteiger partial charge in [0.2, 0.25) is 0 Å². The highest BCUT2D eigenvalue weighted by Gasteiger charge is 2.11. The molecule has 3 rings (SSSR count). The summed E-state index contributed by atoms with van der Waals surface area (Å²) in [7, 11) is -1.40. The molecule has 1 aromatic heterocycles. The van der Waals surface area contributed by atoms with Gasteiger partial charge in [0.25, 0.3) is 5.91 Å². The van der Waals surface area contributed by atoms with E-state index >= 15 is 0 Å². The monoisotopic (exact) mass is 374 g/mol. The number of sulfone groups is 1. The van der Waals surface area contributed by atoms with Crippen molar-refractivity contribution in [3.8, 4) is 0 Å². The number of rotatable bonds is 2. The van der Waals surface area contributed by atoms with Crippen LogP contribution >= 0.6 is 11.3 Å². The van der Waals surface area contributed by atoms with Crippen LogP contribution in [-0.4, -0.2) is 25.1 Å². The van der Waals surface area contributed by atoms with E-state index in [9.17, 15) is 13.2 Å². The molecule has 0 aliphatic carbocycles. The van der Waals surface area contributed by atoms with Crippen molar-refractivity contribution in [2.45, 2.75) is 18.7 Å². The molecule has 0 fully saturated rings. The predicted molar refractivity (Wildman–Crippen MR) is 99.7 cm³/mol. The van der Waals surface area contributed by atoms with Crippen molar-refractivity contribution in [2.75, 3.05) is 6.26 Å². The van der Waals surface area contributed by atoms with Crippen LogP contribution < -0.4 is 4.80 Å². The number of fused-ring (bicyclic) bond motifs is 1. The van der Waals surface area contributed by atoms with Gasteiger partial charge in [-0.2, -0.15) is 4.99 Å². The second-order valence-electron chi connectivity index (χ2n) is 6.09. The molecule has 25 heavy (non-hydrogen) atoms. The highest BCUT2D eigenvalue weighted by atomic mass is 32.2. The number of aromatic nitrogens is 1. The van der Waals surface area contributed by atoms with Crippen molar-refractivity contribution in [1.29, 1.82) is 0 Å². The maximum Gasteiger partial charge on any atom is 0.279 e. The van der Waals surface area contributed by atoms with Gasteiger partial charge in [0.15, 0.2) is 14.6 Å². The van der Waals surface area contributed by atoms with E-state index in [0.29, 0.717) is 10.4 Å². The fourth-order valence-corrected chi connectivity index (χ4v) is 4.37. The molecule has 0 saturated carbocycles. The first-order chi connectivity index (χ1) is 11.7. The van der Waals surface area contributed by atoms with E-state index in [1.165, 1.54) is 35.6 Å². The minimum Gasteiger partial charge on any atom is -0.319 e. The van der Waals surface area contributed by atoms with E-state index in [1.54, 1.807) is 0 Å². The molecule has 0 bridgehead atoms. The maximum absolute atomic E-state index is 12.4. The maximum atomic E-state index is 12.4. The molecule has 3 aromatic rings. The second-order valence-corrected chi connectivity index (χ2v) is 9.08. The number of nitrogens with zero attached hydrogens (tertiary/aromatic N) is 2. The Kier molecular flexibility index (Phi) is 4.38. The summed E-state index contributed by atoms with van der Waals surface area (Å²) in [5, 5.41) is 0. The molecule has 1 heterocycles. The first kappa shape index (κ1) is 17.6. The standard InChI is InChI=1S/C18H18N2O3S2/c1-11-9-12(2)16-15(10-11)20(3)18(24-16)19-17(21)13-5-7-14(8-6-13)25(4,22)23/h5-10H,1-4H3. The largest absolute Gasteiger partial charge is 0.319 e. The van der Waals surface area contributed by atoms with E-state index in [4.69, 9.17) is 0 Å². The Balaban J connectivity index is 2.06. The minimum absolute atomic E-state index is 0.183. The van der Waals surface area contributed by atoms with E-state index < -0.39 is 15.7 Å². The van der Waals surface area contributed by atoms with Crippen molar-refractivity contribution in [3.05, 3.63) is 57.9 Å². The molecule has 0 saturated heterocycles. The summed E-state index contributed by atoms with van der Waals surface area (Å²) in [6.07, 6.45) is 1.13. The quantitative estimate of drug-likeness (QED) is 0.692. The van der Waals surface area contributed by atoms with E-state index in [0.717, 1.165) is 27.6 Å². The molecule has 0 spiro atoms. The fraction of sp³-hybridized carbons (Fsp3) is 0.222. The topological polar surface area (TPSA) is 68.5 Å². The van der Waals surface area contributed by atoms with Gasteiger partial charge < -0.3 is 4.57 Å². The third-order valence-corrected chi connectivity index (χ3v) is 6.38. The van der Waals surface area contributed by atoms with Gasteiger partial charge in [-0.1, -0.05) is 17.4 Å². The predicted octanol–water partition coefficient (Wildman–Crippen LogP) is 3.00. The van der Waals surface area contributed by atoms with Crippen LogP contribution in [0.5, 0.6) is 0 Å². The molecule has 1 amide bonds. The smallest absolute Gasteiger partial charge is 0.279 e. The number of hydrogen-bond donors (Lipinski definition) is 0. The van der Waals surface area contributed by atoms with E-state index in [-0.39, 0.29) is 4.90 Å².